The molecule has 2 N–H and O–H groups in total. The number of aromatic carboxylic acids is 1. The van der Waals surface area contributed by atoms with Crippen LogP contribution in [-0.2, 0) is 12.8 Å². The standard InChI is InChI=1S/C31H29ClF3N5O4/c1-2-36-30(43)39-14-12-21(13-15-39)20-8-6-19(7-9-20)18-44-26-11-10-22(32)16-23(26)25-4-3-5-27(38-25)40-28(31(33,34)35)24(17-37-40)29(41)42/h3-11,16-17,21H,2,12-15,18H2,1H3,(H,36,43)(H,41,42). The summed E-state index contributed by atoms with van der Waals surface area (Å²) in [6, 6.07) is 17.3. The zero-order chi connectivity index (χ0) is 31.4. The van der Waals surface area contributed by atoms with Crippen molar-refractivity contribution in [2.75, 3.05) is 19.6 Å². The van der Waals surface area contributed by atoms with Gasteiger partial charge in [-0.25, -0.2) is 19.3 Å². The summed E-state index contributed by atoms with van der Waals surface area (Å²) >= 11 is 6.26. The van der Waals surface area contributed by atoms with Crippen LogP contribution >= 0.6 is 11.6 Å². The topological polar surface area (TPSA) is 110 Å². The molecule has 3 heterocycles. The van der Waals surface area contributed by atoms with E-state index in [2.05, 4.69) is 27.5 Å². The maximum atomic E-state index is 13.8. The van der Waals surface area contributed by atoms with Gasteiger partial charge in [0.2, 0.25) is 0 Å². The van der Waals surface area contributed by atoms with Gasteiger partial charge in [-0.3, -0.25) is 0 Å². The lowest BCUT2D eigenvalue weighted by Gasteiger charge is -2.32. The Labute approximate surface area is 256 Å². The number of piperidine rings is 1. The first-order chi connectivity index (χ1) is 21.0. The van der Waals surface area contributed by atoms with Crippen molar-refractivity contribution in [1.29, 1.82) is 0 Å². The molecule has 0 aliphatic carbocycles. The number of ether oxygens (including phenoxy) is 1. The van der Waals surface area contributed by atoms with Gasteiger partial charge in [0.05, 0.1) is 11.9 Å². The summed E-state index contributed by atoms with van der Waals surface area (Å²) in [5.41, 5.74) is 0.383. The monoisotopic (exact) mass is 627 g/mol. The number of nitrogens with one attached hydrogen (secondary N) is 1. The molecule has 5 rings (SSSR count). The Balaban J connectivity index is 1.32. The number of carboxylic acids is 1. The maximum absolute atomic E-state index is 13.8. The highest BCUT2D eigenvalue weighted by molar-refractivity contribution is 6.31. The van der Waals surface area contributed by atoms with Gasteiger partial charge in [0.15, 0.2) is 11.5 Å². The molecule has 13 heteroatoms. The molecule has 1 fully saturated rings. The highest BCUT2D eigenvalue weighted by Crippen LogP contribution is 2.36. The Bertz CT molecular complexity index is 1650. The van der Waals surface area contributed by atoms with Crippen LogP contribution in [-0.4, -0.2) is 56.4 Å². The average molecular weight is 628 g/mol. The lowest BCUT2D eigenvalue weighted by atomic mass is 9.89. The average Bonchev–Trinajstić information content (AvgIpc) is 3.48. The van der Waals surface area contributed by atoms with Crippen LogP contribution in [0.5, 0.6) is 5.75 Å². The lowest BCUT2D eigenvalue weighted by Crippen LogP contribution is -2.44. The molecule has 230 valence electrons. The SMILES string of the molecule is CCNC(=O)N1CCC(c2ccc(COc3ccc(Cl)cc3-c3cccc(-n4ncc(C(=O)O)c4C(F)(F)F)n3)cc2)CC1. The van der Waals surface area contributed by atoms with Gasteiger partial charge in [0, 0.05) is 30.2 Å². The summed E-state index contributed by atoms with van der Waals surface area (Å²) in [4.78, 5) is 29.7. The van der Waals surface area contributed by atoms with Gasteiger partial charge in [-0.15, -0.1) is 0 Å². The minimum absolute atomic E-state index is 0.0262. The summed E-state index contributed by atoms with van der Waals surface area (Å²) in [7, 11) is 0. The molecule has 9 nitrogen and oxygen atoms in total. The van der Waals surface area contributed by atoms with Crippen molar-refractivity contribution in [3.63, 3.8) is 0 Å². The molecule has 0 atom stereocenters. The van der Waals surface area contributed by atoms with Gasteiger partial charge in [0.1, 0.15) is 17.9 Å². The normalized spacial score (nSPS) is 14.0. The minimum Gasteiger partial charge on any atom is -0.488 e. The molecule has 1 aliphatic heterocycles. The highest BCUT2D eigenvalue weighted by Gasteiger charge is 2.41. The second-order valence-electron chi connectivity index (χ2n) is 10.3. The van der Waals surface area contributed by atoms with E-state index in [1.54, 1.807) is 24.3 Å². The van der Waals surface area contributed by atoms with Gasteiger partial charge in [-0.1, -0.05) is 41.9 Å². The Morgan fingerprint density at radius 3 is 2.48 bits per heavy atom. The molecule has 4 aromatic rings. The molecule has 44 heavy (non-hydrogen) atoms. The number of likely N-dealkylation sites (tertiary alicyclic amines) is 1. The van der Waals surface area contributed by atoms with Crippen molar-refractivity contribution in [2.24, 2.45) is 0 Å². The van der Waals surface area contributed by atoms with Crippen molar-refractivity contribution < 1.29 is 32.6 Å². The van der Waals surface area contributed by atoms with Crippen LogP contribution < -0.4 is 10.1 Å². The van der Waals surface area contributed by atoms with E-state index in [9.17, 15) is 27.9 Å². The number of benzene rings is 2. The number of rotatable bonds is 8. The molecule has 2 amide bonds. The van der Waals surface area contributed by atoms with E-state index in [0.717, 1.165) is 18.4 Å². The smallest absolute Gasteiger partial charge is 0.434 e. The molecule has 1 aliphatic rings. The van der Waals surface area contributed by atoms with Crippen molar-refractivity contribution in [3.8, 4) is 22.8 Å². The van der Waals surface area contributed by atoms with Gasteiger partial charge >= 0.3 is 18.2 Å². The van der Waals surface area contributed by atoms with Crippen LogP contribution in [0.3, 0.4) is 0 Å². The Morgan fingerprint density at radius 1 is 1.09 bits per heavy atom. The maximum Gasteiger partial charge on any atom is 0.434 e. The summed E-state index contributed by atoms with van der Waals surface area (Å²) in [6.07, 6.45) is -2.57. The molecular formula is C31H29ClF3N5O4. The number of carbonyl (C=O) groups is 2. The van der Waals surface area contributed by atoms with Crippen molar-refractivity contribution in [2.45, 2.75) is 38.5 Å². The second-order valence-corrected chi connectivity index (χ2v) is 10.7. The first kappa shape index (κ1) is 30.9. The van der Waals surface area contributed by atoms with Crippen LogP contribution in [0.25, 0.3) is 17.1 Å². The quantitative estimate of drug-likeness (QED) is 0.223. The predicted octanol–water partition coefficient (Wildman–Crippen LogP) is 6.79. The minimum atomic E-state index is -4.98. The van der Waals surface area contributed by atoms with Gasteiger partial charge in [0.25, 0.3) is 0 Å². The molecule has 0 saturated carbocycles. The number of pyridine rings is 1. The summed E-state index contributed by atoms with van der Waals surface area (Å²) in [6.45, 7) is 4.12. The van der Waals surface area contributed by atoms with E-state index < -0.39 is 23.4 Å². The number of carbonyl (C=O) groups excluding carboxylic acids is 1. The number of nitrogens with zero attached hydrogens (tertiary/aromatic N) is 4. The van der Waals surface area contributed by atoms with E-state index in [4.69, 9.17) is 16.3 Å². The molecule has 0 unspecified atom stereocenters. The van der Waals surface area contributed by atoms with Crippen molar-refractivity contribution in [1.82, 2.24) is 25.0 Å². The first-order valence-corrected chi connectivity index (χ1v) is 14.3. The zero-order valence-corrected chi connectivity index (χ0v) is 24.4. The predicted molar refractivity (Wildman–Crippen MR) is 157 cm³/mol. The summed E-state index contributed by atoms with van der Waals surface area (Å²) in [5, 5.41) is 16.1. The molecule has 0 spiro atoms. The number of carboxylic acid groups (broad SMARTS) is 1. The van der Waals surface area contributed by atoms with Crippen LogP contribution in [0, 0.1) is 0 Å². The molecular weight excluding hydrogens is 599 g/mol. The molecule has 0 radical (unpaired) electrons. The van der Waals surface area contributed by atoms with E-state index >= 15 is 0 Å². The largest absolute Gasteiger partial charge is 0.488 e. The summed E-state index contributed by atoms with van der Waals surface area (Å²) in [5.74, 6) is -1.21. The third-order valence-corrected chi connectivity index (χ3v) is 7.63. The van der Waals surface area contributed by atoms with Crippen LogP contribution in [0.1, 0.15) is 52.9 Å². The highest BCUT2D eigenvalue weighted by atomic mass is 35.5. The van der Waals surface area contributed by atoms with Crippen LogP contribution in [0.15, 0.2) is 66.9 Å². The molecule has 2 aromatic heterocycles. The Kier molecular flexibility index (Phi) is 9.09. The number of aromatic nitrogens is 3. The van der Waals surface area contributed by atoms with Gasteiger partial charge in [-0.2, -0.15) is 18.3 Å². The third kappa shape index (κ3) is 6.80. The number of alkyl halides is 3. The van der Waals surface area contributed by atoms with Crippen LogP contribution in [0.4, 0.5) is 18.0 Å². The second kappa shape index (κ2) is 13.0. The van der Waals surface area contributed by atoms with E-state index in [0.29, 0.717) is 52.8 Å². The number of halogens is 4. The molecule has 0 bridgehead atoms. The first-order valence-electron chi connectivity index (χ1n) is 14.0. The fourth-order valence-electron chi connectivity index (χ4n) is 5.20. The zero-order valence-electron chi connectivity index (χ0n) is 23.6. The number of amides is 2. The Hall–Kier alpha value is -4.58. The summed E-state index contributed by atoms with van der Waals surface area (Å²) < 4.78 is 47.9. The van der Waals surface area contributed by atoms with E-state index in [1.807, 2.05) is 24.0 Å². The lowest BCUT2D eigenvalue weighted by molar-refractivity contribution is -0.143. The number of hydrogen-bond donors (Lipinski definition) is 2. The number of hydrogen-bond acceptors (Lipinski definition) is 5. The Morgan fingerprint density at radius 2 is 1.82 bits per heavy atom. The molecule has 1 saturated heterocycles. The number of urea groups is 1. The fraction of sp³-hybridized carbons (Fsp3) is 0.290. The van der Waals surface area contributed by atoms with Crippen molar-refractivity contribution >= 4 is 23.6 Å². The van der Waals surface area contributed by atoms with E-state index in [-0.39, 0.29) is 24.1 Å². The fourth-order valence-corrected chi connectivity index (χ4v) is 5.37. The van der Waals surface area contributed by atoms with Crippen molar-refractivity contribution in [3.05, 3.63) is 94.3 Å². The third-order valence-electron chi connectivity index (χ3n) is 7.39. The van der Waals surface area contributed by atoms with Gasteiger partial charge in [-0.05, 0) is 67.1 Å². The molecule has 2 aromatic carbocycles. The van der Waals surface area contributed by atoms with Gasteiger partial charge < -0.3 is 20.1 Å². The van der Waals surface area contributed by atoms with E-state index in [1.165, 1.54) is 17.7 Å². The van der Waals surface area contributed by atoms with Crippen LogP contribution in [0.2, 0.25) is 5.02 Å².